The fraction of sp³-hybridized carbons (Fsp3) is 0.343. The number of nitrogens with one attached hydrogen (secondary N) is 2. The number of nitrogens with zero attached hydrogens (tertiary/aromatic N) is 5. The van der Waals surface area contributed by atoms with Gasteiger partial charge in [0.1, 0.15) is 29.7 Å². The lowest BCUT2D eigenvalue weighted by atomic mass is 9.88. The number of benzene rings is 2. The van der Waals surface area contributed by atoms with Crippen LogP contribution in [0.2, 0.25) is 0 Å². The number of hydrogen-bond acceptors (Lipinski definition) is 7. The van der Waals surface area contributed by atoms with Gasteiger partial charge in [-0.15, -0.1) is 0 Å². The molecule has 0 aliphatic heterocycles. The Morgan fingerprint density at radius 1 is 1.02 bits per heavy atom. The maximum absolute atomic E-state index is 14.0. The van der Waals surface area contributed by atoms with Crippen molar-refractivity contribution in [2.45, 2.75) is 58.9 Å². The average molecular weight is 624 g/mol. The van der Waals surface area contributed by atoms with Gasteiger partial charge in [0.2, 0.25) is 0 Å². The van der Waals surface area contributed by atoms with Crippen molar-refractivity contribution in [2.75, 3.05) is 30.0 Å². The summed E-state index contributed by atoms with van der Waals surface area (Å²) in [4.78, 5) is 39.5. The van der Waals surface area contributed by atoms with Gasteiger partial charge in [0.15, 0.2) is 0 Å². The molecule has 0 spiro atoms. The van der Waals surface area contributed by atoms with Gasteiger partial charge in [-0.2, -0.15) is 5.10 Å². The fourth-order valence-electron chi connectivity index (χ4n) is 5.40. The summed E-state index contributed by atoms with van der Waals surface area (Å²) in [5.74, 6) is 0.955. The first kappa shape index (κ1) is 32.4. The number of aromatic nitrogens is 5. The molecule has 0 aliphatic rings. The second-order valence-electron chi connectivity index (χ2n) is 11.8. The van der Waals surface area contributed by atoms with E-state index in [0.29, 0.717) is 24.1 Å². The first-order chi connectivity index (χ1) is 22.2. The van der Waals surface area contributed by atoms with E-state index < -0.39 is 11.6 Å². The first-order valence-corrected chi connectivity index (χ1v) is 15.7. The number of hydrogen-bond donors (Lipinski definition) is 3. The third-order valence-electron chi connectivity index (χ3n) is 7.78. The van der Waals surface area contributed by atoms with Crippen LogP contribution in [-0.2, 0) is 6.54 Å². The minimum absolute atomic E-state index is 0.0880. The molecule has 0 fully saturated rings. The van der Waals surface area contributed by atoms with Gasteiger partial charge < -0.3 is 20.1 Å². The molecule has 46 heavy (non-hydrogen) atoms. The molecular formula is C35H41N7O4. The lowest BCUT2D eigenvalue weighted by molar-refractivity contribution is 0.254. The van der Waals surface area contributed by atoms with Crippen LogP contribution in [-0.4, -0.2) is 55.6 Å². The lowest BCUT2D eigenvalue weighted by Gasteiger charge is -2.26. The molecule has 3 N–H and O–H groups in total. The van der Waals surface area contributed by atoms with E-state index in [2.05, 4.69) is 71.3 Å². The molecule has 5 rings (SSSR count). The Kier molecular flexibility index (Phi) is 10.4. The third-order valence-corrected chi connectivity index (χ3v) is 7.78. The molecule has 2 aromatic carbocycles. The van der Waals surface area contributed by atoms with Crippen molar-refractivity contribution in [3.05, 3.63) is 94.9 Å². The minimum Gasteiger partial charge on any atom is -0.494 e. The quantitative estimate of drug-likeness (QED) is 0.131. The van der Waals surface area contributed by atoms with E-state index in [-0.39, 0.29) is 30.7 Å². The predicted molar refractivity (Wildman–Crippen MR) is 181 cm³/mol. The number of aliphatic hydroxyl groups is 1. The van der Waals surface area contributed by atoms with Crippen LogP contribution in [0.1, 0.15) is 63.5 Å². The molecule has 11 nitrogen and oxygen atoms in total. The monoisotopic (exact) mass is 623 g/mol. The molecule has 0 unspecified atom stereocenters. The van der Waals surface area contributed by atoms with Gasteiger partial charge >= 0.3 is 6.03 Å². The molecule has 0 aliphatic carbocycles. The third kappa shape index (κ3) is 7.60. The number of amides is 2. The number of anilines is 2. The smallest absolute Gasteiger partial charge is 0.326 e. The van der Waals surface area contributed by atoms with Gasteiger partial charge in [-0.1, -0.05) is 39.8 Å². The number of carbonyl (C=O) groups is 1. The number of rotatable bonds is 13. The molecule has 0 saturated heterocycles. The van der Waals surface area contributed by atoms with Crippen molar-refractivity contribution >= 4 is 28.4 Å². The first-order valence-electron chi connectivity index (χ1n) is 15.7. The highest BCUT2D eigenvalue weighted by atomic mass is 16.5. The molecule has 0 saturated carbocycles. The van der Waals surface area contributed by atoms with Crippen molar-refractivity contribution < 1.29 is 14.6 Å². The van der Waals surface area contributed by atoms with E-state index in [9.17, 15) is 14.7 Å². The summed E-state index contributed by atoms with van der Waals surface area (Å²) in [6.07, 6.45) is 5.93. The molecule has 0 atom stereocenters. The topological polar surface area (TPSA) is 138 Å². The van der Waals surface area contributed by atoms with Crippen LogP contribution >= 0.6 is 0 Å². The molecule has 3 aromatic heterocycles. The summed E-state index contributed by atoms with van der Waals surface area (Å²) in [5.41, 5.74) is 4.93. The molecule has 11 heteroatoms. The molecule has 0 radical (unpaired) electrons. The number of urea groups is 1. The van der Waals surface area contributed by atoms with Crippen LogP contribution in [0, 0.1) is 0 Å². The van der Waals surface area contributed by atoms with E-state index in [1.807, 2.05) is 24.3 Å². The highest BCUT2D eigenvalue weighted by Gasteiger charge is 2.24. The number of pyridine rings is 2. The van der Waals surface area contributed by atoms with Crippen molar-refractivity contribution in [3.8, 4) is 16.9 Å². The van der Waals surface area contributed by atoms with E-state index in [1.165, 1.54) is 11.2 Å². The van der Waals surface area contributed by atoms with Gasteiger partial charge in [0.25, 0.3) is 5.56 Å². The zero-order chi connectivity index (χ0) is 32.6. The number of carbonyl (C=O) groups excluding carboxylic acids is 1. The Hall–Kier alpha value is -5.03. The van der Waals surface area contributed by atoms with Gasteiger partial charge in [-0.3, -0.25) is 14.4 Å². The largest absolute Gasteiger partial charge is 0.494 e. The zero-order valence-electron chi connectivity index (χ0n) is 26.7. The van der Waals surface area contributed by atoms with E-state index in [4.69, 9.17) is 4.74 Å². The second-order valence-corrected chi connectivity index (χ2v) is 11.8. The Morgan fingerprint density at radius 2 is 1.80 bits per heavy atom. The highest BCUT2D eigenvalue weighted by molar-refractivity contribution is 6.03. The van der Waals surface area contributed by atoms with Crippen LogP contribution < -0.4 is 20.5 Å². The minimum atomic E-state index is -0.444. The van der Waals surface area contributed by atoms with Gasteiger partial charge in [0.05, 0.1) is 6.61 Å². The Balaban J connectivity index is 1.44. The number of ether oxygens (including phenoxy) is 1. The van der Waals surface area contributed by atoms with Gasteiger partial charge in [-0.05, 0) is 83.0 Å². The summed E-state index contributed by atoms with van der Waals surface area (Å²) < 4.78 is 7.84. The number of aryl methyl sites for hydroxylation is 1. The normalized spacial score (nSPS) is 11.4. The number of H-pyrrole nitrogens is 1. The number of aliphatic hydroxyl groups excluding tert-OH is 1. The standard InChI is InChI=1S/C35H41N7O4/c1-23(2)29-18-27(25-9-5-11-28(17-25)46-16-8-13-41-22-36-21-38-41)19-30(24(3)4)32(29)39-35(45)42(14-7-15-43)31-20-26-10-6-12-37-33(26)40-34(31)44/h5-6,9-12,17-24,43H,7-8,13-16H2,1-4H3,(H,39,45)(H,37,40,44). The van der Waals surface area contributed by atoms with Gasteiger partial charge in [0, 0.05) is 43.4 Å². The Bertz CT molecular complexity index is 1800. The van der Waals surface area contributed by atoms with Crippen molar-refractivity contribution in [1.29, 1.82) is 0 Å². The zero-order valence-corrected chi connectivity index (χ0v) is 26.7. The number of aromatic amines is 1. The van der Waals surface area contributed by atoms with Crippen LogP contribution in [0.4, 0.5) is 16.2 Å². The maximum atomic E-state index is 14.0. The van der Waals surface area contributed by atoms with Crippen molar-refractivity contribution in [3.63, 3.8) is 0 Å². The Morgan fingerprint density at radius 3 is 2.50 bits per heavy atom. The predicted octanol–water partition coefficient (Wildman–Crippen LogP) is 6.32. The van der Waals surface area contributed by atoms with E-state index in [1.54, 1.807) is 29.3 Å². The fourth-order valence-corrected chi connectivity index (χ4v) is 5.40. The summed E-state index contributed by atoms with van der Waals surface area (Å²) in [6.45, 7) is 9.70. The van der Waals surface area contributed by atoms with E-state index in [0.717, 1.165) is 46.7 Å². The molecule has 240 valence electrons. The van der Waals surface area contributed by atoms with Crippen LogP contribution in [0.5, 0.6) is 5.75 Å². The average Bonchev–Trinajstić information content (AvgIpc) is 3.57. The Labute approximate surface area is 268 Å². The summed E-state index contributed by atoms with van der Waals surface area (Å²) in [7, 11) is 0. The summed E-state index contributed by atoms with van der Waals surface area (Å²) in [6, 6.07) is 17.1. The molecule has 0 bridgehead atoms. The SMILES string of the molecule is CC(C)c1cc(-c2cccc(OCCCn3cncn3)c2)cc(C(C)C)c1NC(=O)N(CCCO)c1cc2cccnc2[nH]c1=O. The van der Waals surface area contributed by atoms with Gasteiger partial charge in [-0.25, -0.2) is 14.8 Å². The van der Waals surface area contributed by atoms with Crippen LogP contribution in [0.3, 0.4) is 0 Å². The lowest BCUT2D eigenvalue weighted by Crippen LogP contribution is -2.39. The summed E-state index contributed by atoms with van der Waals surface area (Å²) >= 11 is 0. The van der Waals surface area contributed by atoms with Crippen molar-refractivity contribution in [2.24, 2.45) is 0 Å². The second kappa shape index (κ2) is 14.8. The highest BCUT2D eigenvalue weighted by Crippen LogP contribution is 2.38. The van der Waals surface area contributed by atoms with Crippen LogP contribution in [0.25, 0.3) is 22.2 Å². The van der Waals surface area contributed by atoms with E-state index >= 15 is 0 Å². The molecule has 3 heterocycles. The number of fused-ring (bicyclic) bond motifs is 1. The maximum Gasteiger partial charge on any atom is 0.326 e. The molecule has 5 aromatic rings. The molecular weight excluding hydrogens is 582 g/mol. The van der Waals surface area contributed by atoms with Crippen LogP contribution in [0.15, 0.2) is 78.2 Å². The summed E-state index contributed by atoms with van der Waals surface area (Å²) in [5, 5.41) is 17.6. The molecule has 2 amide bonds. The van der Waals surface area contributed by atoms with Crippen molar-refractivity contribution in [1.82, 2.24) is 24.7 Å².